The molecule has 1 aromatic carbocycles. The van der Waals surface area contributed by atoms with E-state index in [9.17, 15) is 9.59 Å². The predicted octanol–water partition coefficient (Wildman–Crippen LogP) is 1.19. The molecule has 0 unspecified atom stereocenters. The van der Waals surface area contributed by atoms with Gasteiger partial charge in [-0.3, -0.25) is 14.6 Å². The standard InChI is InChI=1S/C14H16N2O2/c1-10(17)15-9-13(18)14(2)12(8-16(14)15)11-6-4-3-5-7-11/h3-7,12H,8-9H2,1-2H3/t12-,14+/m0/s1. The van der Waals surface area contributed by atoms with Crippen LogP contribution in [0.5, 0.6) is 0 Å². The molecular weight excluding hydrogens is 228 g/mol. The van der Waals surface area contributed by atoms with Gasteiger partial charge in [0.25, 0.3) is 0 Å². The average molecular weight is 244 g/mol. The Morgan fingerprint density at radius 3 is 2.61 bits per heavy atom. The third-order valence-corrected chi connectivity index (χ3v) is 4.28. The molecule has 2 atom stereocenters. The fourth-order valence-electron chi connectivity index (χ4n) is 3.07. The number of nitrogens with zero attached hydrogens (tertiary/aromatic N) is 2. The number of benzene rings is 1. The second-order valence-corrected chi connectivity index (χ2v) is 5.19. The van der Waals surface area contributed by atoms with Crippen molar-refractivity contribution in [2.75, 3.05) is 13.1 Å². The lowest BCUT2D eigenvalue weighted by Crippen LogP contribution is -2.66. The molecule has 3 rings (SSSR count). The van der Waals surface area contributed by atoms with Crippen molar-refractivity contribution in [3.05, 3.63) is 35.9 Å². The molecule has 18 heavy (non-hydrogen) atoms. The molecule has 2 fully saturated rings. The quantitative estimate of drug-likeness (QED) is 0.745. The van der Waals surface area contributed by atoms with Crippen LogP contribution in [0.4, 0.5) is 0 Å². The first-order valence-corrected chi connectivity index (χ1v) is 6.19. The molecular formula is C14H16N2O2. The topological polar surface area (TPSA) is 40.6 Å². The van der Waals surface area contributed by atoms with Crippen molar-refractivity contribution in [1.29, 1.82) is 0 Å². The van der Waals surface area contributed by atoms with Crippen LogP contribution < -0.4 is 0 Å². The molecule has 1 aromatic rings. The van der Waals surface area contributed by atoms with Crippen LogP contribution in [0, 0.1) is 0 Å². The number of fused-ring (bicyclic) bond motifs is 1. The maximum Gasteiger partial charge on any atom is 0.234 e. The van der Waals surface area contributed by atoms with Gasteiger partial charge in [0.1, 0.15) is 5.54 Å². The molecule has 4 nitrogen and oxygen atoms in total. The van der Waals surface area contributed by atoms with Crippen LogP contribution in [-0.2, 0) is 9.59 Å². The van der Waals surface area contributed by atoms with Crippen LogP contribution in [-0.4, -0.2) is 40.3 Å². The lowest BCUT2D eigenvalue weighted by Gasteiger charge is -2.53. The van der Waals surface area contributed by atoms with E-state index in [1.54, 1.807) is 5.01 Å². The first-order valence-electron chi connectivity index (χ1n) is 6.19. The van der Waals surface area contributed by atoms with E-state index in [1.807, 2.05) is 30.1 Å². The fraction of sp³-hybridized carbons (Fsp3) is 0.429. The number of carbonyl (C=O) groups is 2. The number of Topliss-reactive ketones (excluding diaryl/α,β-unsaturated/α-hetero) is 1. The highest BCUT2D eigenvalue weighted by Crippen LogP contribution is 2.48. The van der Waals surface area contributed by atoms with Crippen LogP contribution in [0.1, 0.15) is 25.3 Å². The van der Waals surface area contributed by atoms with Crippen molar-refractivity contribution < 1.29 is 9.59 Å². The molecule has 1 amide bonds. The number of hydrazine groups is 1. The molecule has 2 aliphatic rings. The third kappa shape index (κ3) is 1.29. The minimum atomic E-state index is -0.535. The molecule has 0 spiro atoms. The van der Waals surface area contributed by atoms with Gasteiger partial charge < -0.3 is 0 Å². The van der Waals surface area contributed by atoms with Gasteiger partial charge in [-0.1, -0.05) is 30.3 Å². The molecule has 0 saturated carbocycles. The third-order valence-electron chi connectivity index (χ3n) is 4.28. The summed E-state index contributed by atoms with van der Waals surface area (Å²) in [6, 6.07) is 10.1. The summed E-state index contributed by atoms with van der Waals surface area (Å²) in [5.41, 5.74) is 0.641. The first kappa shape index (κ1) is 11.4. The highest BCUT2D eigenvalue weighted by atomic mass is 16.2. The van der Waals surface area contributed by atoms with E-state index in [4.69, 9.17) is 0 Å². The Morgan fingerprint density at radius 1 is 1.33 bits per heavy atom. The van der Waals surface area contributed by atoms with Crippen LogP contribution in [0.2, 0.25) is 0 Å². The Labute approximate surface area is 106 Å². The highest BCUT2D eigenvalue weighted by molar-refractivity contribution is 5.97. The van der Waals surface area contributed by atoms with E-state index >= 15 is 0 Å². The SMILES string of the molecule is CC(=O)N1CC(=O)[C@@]2(C)[C@H](c3ccccc3)CN12. The summed E-state index contributed by atoms with van der Waals surface area (Å²) in [6.45, 7) is 4.41. The molecule has 2 heterocycles. The minimum absolute atomic E-state index is 0.0569. The van der Waals surface area contributed by atoms with Crippen molar-refractivity contribution in [2.45, 2.75) is 25.3 Å². The summed E-state index contributed by atoms with van der Waals surface area (Å²) in [5, 5.41) is 3.48. The monoisotopic (exact) mass is 244 g/mol. The Hall–Kier alpha value is -1.68. The zero-order chi connectivity index (χ0) is 12.9. The number of amides is 1. The van der Waals surface area contributed by atoms with E-state index in [0.29, 0.717) is 0 Å². The minimum Gasteiger partial charge on any atom is -0.295 e. The first-order chi connectivity index (χ1) is 8.55. The molecule has 2 aliphatic heterocycles. The maximum absolute atomic E-state index is 12.2. The normalized spacial score (nSPS) is 31.1. The summed E-state index contributed by atoms with van der Waals surface area (Å²) in [4.78, 5) is 23.7. The highest BCUT2D eigenvalue weighted by Gasteiger charge is 2.62. The lowest BCUT2D eigenvalue weighted by atomic mass is 9.71. The summed E-state index contributed by atoms with van der Waals surface area (Å²) in [5.74, 6) is 0.270. The van der Waals surface area contributed by atoms with Crippen LogP contribution in [0.15, 0.2) is 30.3 Å². The van der Waals surface area contributed by atoms with E-state index in [2.05, 4.69) is 12.1 Å². The summed E-state index contributed by atoms with van der Waals surface area (Å²) in [7, 11) is 0. The number of carbonyl (C=O) groups excluding carboxylic acids is 2. The summed E-state index contributed by atoms with van der Waals surface area (Å²) < 4.78 is 0. The van der Waals surface area contributed by atoms with Gasteiger partial charge in [0.2, 0.25) is 5.91 Å². The molecule has 2 saturated heterocycles. The Balaban J connectivity index is 1.93. The van der Waals surface area contributed by atoms with Gasteiger partial charge in [-0.15, -0.1) is 0 Å². The molecule has 0 radical (unpaired) electrons. The van der Waals surface area contributed by atoms with E-state index < -0.39 is 5.54 Å². The summed E-state index contributed by atoms with van der Waals surface area (Å²) >= 11 is 0. The van der Waals surface area contributed by atoms with Crippen molar-refractivity contribution in [3.8, 4) is 0 Å². The summed E-state index contributed by atoms with van der Waals surface area (Å²) in [6.07, 6.45) is 0. The Morgan fingerprint density at radius 2 is 2.00 bits per heavy atom. The Kier molecular flexibility index (Phi) is 2.32. The van der Waals surface area contributed by atoms with E-state index in [-0.39, 0.29) is 24.2 Å². The van der Waals surface area contributed by atoms with Gasteiger partial charge in [-0.2, -0.15) is 0 Å². The average Bonchev–Trinajstić information content (AvgIpc) is 2.53. The number of ketones is 1. The molecule has 94 valence electrons. The molecule has 0 aliphatic carbocycles. The van der Waals surface area contributed by atoms with E-state index in [0.717, 1.165) is 6.54 Å². The van der Waals surface area contributed by atoms with Crippen LogP contribution >= 0.6 is 0 Å². The van der Waals surface area contributed by atoms with Gasteiger partial charge in [0.15, 0.2) is 5.78 Å². The van der Waals surface area contributed by atoms with Crippen molar-refractivity contribution in [1.82, 2.24) is 10.0 Å². The van der Waals surface area contributed by atoms with Gasteiger partial charge in [0, 0.05) is 19.4 Å². The Bertz CT molecular complexity index is 514. The molecule has 0 aromatic heterocycles. The lowest BCUT2D eigenvalue weighted by molar-refractivity contribution is -0.167. The number of hydrogen-bond donors (Lipinski definition) is 0. The largest absolute Gasteiger partial charge is 0.295 e. The molecule has 0 bridgehead atoms. The second kappa shape index (κ2) is 3.65. The molecule has 4 heteroatoms. The van der Waals surface area contributed by atoms with Gasteiger partial charge >= 0.3 is 0 Å². The number of rotatable bonds is 1. The zero-order valence-corrected chi connectivity index (χ0v) is 10.6. The fourth-order valence-corrected chi connectivity index (χ4v) is 3.07. The number of hydrogen-bond acceptors (Lipinski definition) is 3. The van der Waals surface area contributed by atoms with Gasteiger partial charge in [0.05, 0.1) is 6.54 Å². The van der Waals surface area contributed by atoms with Crippen molar-refractivity contribution in [3.63, 3.8) is 0 Å². The smallest absolute Gasteiger partial charge is 0.234 e. The maximum atomic E-state index is 12.2. The van der Waals surface area contributed by atoms with E-state index in [1.165, 1.54) is 12.5 Å². The van der Waals surface area contributed by atoms with Gasteiger partial charge in [-0.05, 0) is 12.5 Å². The van der Waals surface area contributed by atoms with Gasteiger partial charge in [-0.25, -0.2) is 5.01 Å². The second-order valence-electron chi connectivity index (χ2n) is 5.19. The van der Waals surface area contributed by atoms with Crippen LogP contribution in [0.3, 0.4) is 0 Å². The predicted molar refractivity (Wildman–Crippen MR) is 66.7 cm³/mol. The zero-order valence-electron chi connectivity index (χ0n) is 10.6. The van der Waals surface area contributed by atoms with Crippen molar-refractivity contribution >= 4 is 11.7 Å². The van der Waals surface area contributed by atoms with Crippen molar-refractivity contribution in [2.24, 2.45) is 0 Å². The molecule has 0 N–H and O–H groups in total. The van der Waals surface area contributed by atoms with Crippen LogP contribution in [0.25, 0.3) is 0 Å².